The van der Waals surface area contributed by atoms with Gasteiger partial charge in [0, 0.05) is 11.6 Å². The second-order valence-corrected chi connectivity index (χ2v) is 4.34. The predicted octanol–water partition coefficient (Wildman–Crippen LogP) is 2.22. The molecule has 0 saturated carbocycles. The molecular weight excluding hydrogens is 242 g/mol. The molecule has 98 valence electrons. The van der Waals surface area contributed by atoms with E-state index in [0.29, 0.717) is 24.0 Å². The van der Waals surface area contributed by atoms with Gasteiger partial charge in [0.15, 0.2) is 5.82 Å². The predicted molar refractivity (Wildman–Crippen MR) is 73.5 cm³/mol. The molecule has 0 aliphatic carbocycles. The molecule has 0 spiro atoms. The number of aromatic nitrogens is 1. The van der Waals surface area contributed by atoms with Crippen molar-refractivity contribution in [2.45, 2.75) is 6.04 Å². The minimum Gasteiger partial charge on any atom is -0.491 e. The average molecular weight is 257 g/mol. The number of ether oxygens (including phenoxy) is 2. The van der Waals surface area contributed by atoms with Crippen molar-refractivity contribution >= 4 is 11.5 Å². The number of fused-ring (bicyclic) bond motifs is 1. The number of methoxy groups -OCH3 is 1. The van der Waals surface area contributed by atoms with Crippen LogP contribution >= 0.6 is 0 Å². The van der Waals surface area contributed by atoms with Gasteiger partial charge in [0.05, 0.1) is 18.8 Å². The minimum atomic E-state index is 0.0538. The van der Waals surface area contributed by atoms with Gasteiger partial charge in [-0.2, -0.15) is 4.98 Å². The first-order valence-electron chi connectivity index (χ1n) is 6.06. The van der Waals surface area contributed by atoms with Gasteiger partial charge in [0.25, 0.3) is 0 Å². The Morgan fingerprint density at radius 3 is 3.00 bits per heavy atom. The quantitative estimate of drug-likeness (QED) is 0.882. The fourth-order valence-electron chi connectivity index (χ4n) is 2.13. The van der Waals surface area contributed by atoms with Crippen LogP contribution in [0.25, 0.3) is 0 Å². The van der Waals surface area contributed by atoms with Crippen molar-refractivity contribution in [3.05, 3.63) is 42.0 Å². The third-order valence-electron chi connectivity index (χ3n) is 3.12. The van der Waals surface area contributed by atoms with Crippen LogP contribution in [0.4, 0.5) is 11.5 Å². The molecule has 2 heterocycles. The van der Waals surface area contributed by atoms with E-state index in [9.17, 15) is 0 Å². The van der Waals surface area contributed by atoms with Gasteiger partial charge >= 0.3 is 0 Å². The zero-order chi connectivity index (χ0) is 13.2. The second-order valence-electron chi connectivity index (χ2n) is 4.34. The molecule has 0 amide bonds. The SMILES string of the molecule is COc1ccc(N)c(NC2COc3ccccc32)n1. The smallest absolute Gasteiger partial charge is 0.215 e. The molecule has 5 heteroatoms. The van der Waals surface area contributed by atoms with Gasteiger partial charge in [-0.05, 0) is 12.1 Å². The average Bonchev–Trinajstić information content (AvgIpc) is 2.85. The van der Waals surface area contributed by atoms with Crippen molar-refractivity contribution in [2.75, 3.05) is 24.8 Å². The number of nitrogen functional groups attached to an aromatic ring is 1. The highest BCUT2D eigenvalue weighted by Crippen LogP contribution is 2.35. The zero-order valence-corrected chi connectivity index (χ0v) is 10.6. The molecule has 1 aliphatic heterocycles. The van der Waals surface area contributed by atoms with Crippen LogP contribution in [0.1, 0.15) is 11.6 Å². The molecule has 2 aromatic rings. The van der Waals surface area contributed by atoms with Crippen LogP contribution < -0.4 is 20.5 Å². The van der Waals surface area contributed by atoms with Gasteiger partial charge in [-0.25, -0.2) is 0 Å². The fraction of sp³-hybridized carbons (Fsp3) is 0.214. The topological polar surface area (TPSA) is 69.4 Å². The third kappa shape index (κ3) is 2.14. The number of anilines is 2. The lowest BCUT2D eigenvalue weighted by molar-refractivity contribution is 0.339. The summed E-state index contributed by atoms with van der Waals surface area (Å²) in [6.07, 6.45) is 0. The summed E-state index contributed by atoms with van der Waals surface area (Å²) in [7, 11) is 1.58. The van der Waals surface area contributed by atoms with E-state index < -0.39 is 0 Å². The van der Waals surface area contributed by atoms with Crippen LogP contribution in [0, 0.1) is 0 Å². The molecule has 1 aromatic carbocycles. The van der Waals surface area contributed by atoms with E-state index in [4.69, 9.17) is 15.2 Å². The van der Waals surface area contributed by atoms with Crippen LogP contribution in [0.5, 0.6) is 11.6 Å². The van der Waals surface area contributed by atoms with E-state index >= 15 is 0 Å². The number of nitrogens with one attached hydrogen (secondary N) is 1. The maximum atomic E-state index is 5.92. The molecule has 3 rings (SSSR count). The maximum Gasteiger partial charge on any atom is 0.215 e. The summed E-state index contributed by atoms with van der Waals surface area (Å²) >= 11 is 0. The number of nitrogens with zero attached hydrogens (tertiary/aromatic N) is 1. The van der Waals surface area contributed by atoms with Crippen molar-refractivity contribution in [3.8, 4) is 11.6 Å². The maximum absolute atomic E-state index is 5.92. The lowest BCUT2D eigenvalue weighted by Crippen LogP contribution is -2.14. The Morgan fingerprint density at radius 1 is 1.32 bits per heavy atom. The molecule has 1 atom stereocenters. The lowest BCUT2D eigenvalue weighted by Gasteiger charge is -2.14. The van der Waals surface area contributed by atoms with Gasteiger partial charge in [0.1, 0.15) is 12.4 Å². The number of benzene rings is 1. The number of nitrogens with two attached hydrogens (primary N) is 1. The Morgan fingerprint density at radius 2 is 2.16 bits per heavy atom. The Hall–Kier alpha value is -2.43. The molecule has 0 bridgehead atoms. The van der Waals surface area contributed by atoms with Crippen molar-refractivity contribution < 1.29 is 9.47 Å². The molecule has 19 heavy (non-hydrogen) atoms. The Bertz CT molecular complexity index is 601. The fourth-order valence-corrected chi connectivity index (χ4v) is 2.13. The monoisotopic (exact) mass is 257 g/mol. The second kappa shape index (κ2) is 4.68. The number of hydrogen-bond acceptors (Lipinski definition) is 5. The van der Waals surface area contributed by atoms with Gasteiger partial charge < -0.3 is 20.5 Å². The van der Waals surface area contributed by atoms with E-state index in [0.717, 1.165) is 11.3 Å². The highest BCUT2D eigenvalue weighted by atomic mass is 16.5. The Balaban J connectivity index is 1.87. The molecule has 1 aliphatic rings. The lowest BCUT2D eigenvalue weighted by atomic mass is 10.1. The number of para-hydroxylation sites is 1. The summed E-state index contributed by atoms with van der Waals surface area (Å²) in [5.41, 5.74) is 7.63. The van der Waals surface area contributed by atoms with E-state index in [2.05, 4.69) is 10.3 Å². The van der Waals surface area contributed by atoms with Gasteiger partial charge in [-0.15, -0.1) is 0 Å². The molecule has 0 fully saturated rings. The van der Waals surface area contributed by atoms with Gasteiger partial charge in [-0.3, -0.25) is 0 Å². The zero-order valence-electron chi connectivity index (χ0n) is 10.6. The molecule has 3 N–H and O–H groups in total. The first kappa shape index (κ1) is 11.6. The normalized spacial score (nSPS) is 16.6. The molecule has 0 saturated heterocycles. The summed E-state index contributed by atoms with van der Waals surface area (Å²) < 4.78 is 10.7. The van der Waals surface area contributed by atoms with E-state index in [1.54, 1.807) is 19.2 Å². The van der Waals surface area contributed by atoms with E-state index in [1.165, 1.54) is 0 Å². The minimum absolute atomic E-state index is 0.0538. The van der Waals surface area contributed by atoms with Crippen molar-refractivity contribution in [1.29, 1.82) is 0 Å². The summed E-state index contributed by atoms with van der Waals surface area (Å²) in [6, 6.07) is 11.5. The van der Waals surface area contributed by atoms with Gasteiger partial charge in [0.2, 0.25) is 5.88 Å². The van der Waals surface area contributed by atoms with Crippen molar-refractivity contribution in [3.63, 3.8) is 0 Å². The largest absolute Gasteiger partial charge is 0.491 e. The first-order valence-corrected chi connectivity index (χ1v) is 6.06. The molecule has 5 nitrogen and oxygen atoms in total. The molecule has 1 aromatic heterocycles. The number of pyridine rings is 1. The Labute approximate surface area is 111 Å². The summed E-state index contributed by atoms with van der Waals surface area (Å²) in [5.74, 6) is 2.05. The van der Waals surface area contributed by atoms with E-state index in [1.807, 2.05) is 24.3 Å². The molecule has 1 unspecified atom stereocenters. The summed E-state index contributed by atoms with van der Waals surface area (Å²) in [4.78, 5) is 4.31. The van der Waals surface area contributed by atoms with Crippen LogP contribution in [0.15, 0.2) is 36.4 Å². The van der Waals surface area contributed by atoms with Crippen LogP contribution in [0.2, 0.25) is 0 Å². The van der Waals surface area contributed by atoms with Gasteiger partial charge in [-0.1, -0.05) is 18.2 Å². The van der Waals surface area contributed by atoms with Crippen molar-refractivity contribution in [2.24, 2.45) is 0 Å². The molecular formula is C14H15N3O2. The van der Waals surface area contributed by atoms with Crippen molar-refractivity contribution in [1.82, 2.24) is 4.98 Å². The van der Waals surface area contributed by atoms with E-state index in [-0.39, 0.29) is 6.04 Å². The molecule has 0 radical (unpaired) electrons. The number of rotatable bonds is 3. The highest BCUT2D eigenvalue weighted by Gasteiger charge is 2.24. The summed E-state index contributed by atoms with van der Waals surface area (Å²) in [6.45, 7) is 0.567. The van der Waals surface area contributed by atoms with Crippen LogP contribution in [-0.2, 0) is 0 Å². The summed E-state index contributed by atoms with van der Waals surface area (Å²) in [5, 5.41) is 3.30. The standard InChI is InChI=1S/C14H15N3O2/c1-18-13-7-6-10(15)14(17-13)16-11-8-19-12-5-3-2-4-9(11)12/h2-7,11H,8,15H2,1H3,(H,16,17). The Kier molecular flexibility index (Phi) is 2.87. The number of hydrogen-bond donors (Lipinski definition) is 2. The third-order valence-corrected chi connectivity index (χ3v) is 3.12. The highest BCUT2D eigenvalue weighted by molar-refractivity contribution is 5.63. The van der Waals surface area contributed by atoms with Crippen LogP contribution in [0.3, 0.4) is 0 Å². The first-order chi connectivity index (χ1) is 9.28. The van der Waals surface area contributed by atoms with Crippen LogP contribution in [-0.4, -0.2) is 18.7 Å².